The summed E-state index contributed by atoms with van der Waals surface area (Å²) < 4.78 is 62.5. The fraction of sp³-hybridized carbons (Fsp3) is 0.267. The minimum absolute atomic E-state index is 0.462. The molecule has 2 aromatic carbocycles. The van der Waals surface area contributed by atoms with E-state index in [0.29, 0.717) is 10.9 Å². The molecule has 0 saturated carbocycles. The van der Waals surface area contributed by atoms with Crippen molar-refractivity contribution in [2.75, 3.05) is 0 Å². The van der Waals surface area contributed by atoms with Crippen LogP contribution in [-0.2, 0) is 4.79 Å². The number of nitrogens with one attached hydrogen (secondary N) is 1. The molecule has 0 aromatic heterocycles. The maximum atomic E-state index is 13.0. The highest BCUT2D eigenvalue weighted by Crippen LogP contribution is 2.36. The highest BCUT2D eigenvalue weighted by Gasteiger charge is 2.63. The molecule has 22 heavy (non-hydrogen) atoms. The van der Waals surface area contributed by atoms with Gasteiger partial charge in [0.1, 0.15) is 0 Å². The van der Waals surface area contributed by atoms with Gasteiger partial charge in [0.25, 0.3) is 0 Å². The second-order valence-corrected chi connectivity index (χ2v) is 4.84. The standard InChI is InChI=1S/C15H12F5NO/c1-9(21-13(22)14(16,17)15(18,19)20)11-8-4-6-10-5-2-3-7-12(10)11/h2-9H,1H3,(H,21,22). The van der Waals surface area contributed by atoms with Gasteiger partial charge in [0.2, 0.25) is 0 Å². The van der Waals surface area contributed by atoms with Crippen molar-refractivity contribution in [1.82, 2.24) is 5.32 Å². The van der Waals surface area contributed by atoms with Gasteiger partial charge < -0.3 is 5.32 Å². The molecule has 1 atom stereocenters. The Bertz CT molecular complexity index is 690. The minimum atomic E-state index is -5.92. The third-order valence-electron chi connectivity index (χ3n) is 3.28. The van der Waals surface area contributed by atoms with Crippen LogP contribution in [0.1, 0.15) is 18.5 Å². The molecule has 0 saturated heterocycles. The van der Waals surface area contributed by atoms with Crippen LogP contribution in [-0.4, -0.2) is 18.0 Å². The average Bonchev–Trinajstić information content (AvgIpc) is 2.45. The van der Waals surface area contributed by atoms with Crippen molar-refractivity contribution in [2.24, 2.45) is 0 Å². The lowest BCUT2D eigenvalue weighted by Crippen LogP contribution is -2.50. The SMILES string of the molecule is CC(NC(=O)C(F)(F)C(F)(F)F)c1cccc2ccccc12. The zero-order chi connectivity index (χ0) is 16.5. The van der Waals surface area contributed by atoms with E-state index in [1.165, 1.54) is 6.92 Å². The first kappa shape index (κ1) is 16.2. The van der Waals surface area contributed by atoms with Gasteiger partial charge >= 0.3 is 18.0 Å². The molecule has 2 rings (SSSR count). The van der Waals surface area contributed by atoms with Gasteiger partial charge in [-0.3, -0.25) is 4.79 Å². The zero-order valence-electron chi connectivity index (χ0n) is 11.4. The third-order valence-corrected chi connectivity index (χ3v) is 3.28. The van der Waals surface area contributed by atoms with Crippen LogP contribution >= 0.6 is 0 Å². The third kappa shape index (κ3) is 2.88. The lowest BCUT2D eigenvalue weighted by atomic mass is 9.99. The van der Waals surface area contributed by atoms with Gasteiger partial charge in [0.15, 0.2) is 0 Å². The Morgan fingerprint density at radius 1 is 1.00 bits per heavy atom. The van der Waals surface area contributed by atoms with Crippen molar-refractivity contribution in [2.45, 2.75) is 25.1 Å². The van der Waals surface area contributed by atoms with Gasteiger partial charge in [-0.1, -0.05) is 42.5 Å². The molecular formula is C15H12F5NO. The van der Waals surface area contributed by atoms with Crippen LogP contribution in [0.2, 0.25) is 0 Å². The molecule has 2 aromatic rings. The Labute approximate surface area is 122 Å². The first-order chi connectivity index (χ1) is 10.1. The fourth-order valence-electron chi connectivity index (χ4n) is 2.12. The van der Waals surface area contributed by atoms with E-state index < -0.39 is 24.0 Å². The number of carbonyl (C=O) groups is 1. The summed E-state index contributed by atoms with van der Waals surface area (Å²) in [5, 5.41) is 3.20. The Balaban J connectivity index is 2.29. The summed E-state index contributed by atoms with van der Waals surface area (Å²) >= 11 is 0. The largest absolute Gasteiger partial charge is 0.463 e. The van der Waals surface area contributed by atoms with Gasteiger partial charge in [0, 0.05) is 0 Å². The molecule has 1 unspecified atom stereocenters. The van der Waals surface area contributed by atoms with Crippen LogP contribution in [0.25, 0.3) is 10.8 Å². The van der Waals surface area contributed by atoms with Crippen LogP contribution in [0.15, 0.2) is 42.5 Å². The number of halogens is 5. The van der Waals surface area contributed by atoms with Crippen molar-refractivity contribution in [3.63, 3.8) is 0 Å². The van der Waals surface area contributed by atoms with Gasteiger partial charge in [-0.15, -0.1) is 0 Å². The molecule has 2 nitrogen and oxygen atoms in total. The van der Waals surface area contributed by atoms with Crippen LogP contribution in [0, 0.1) is 0 Å². The molecule has 0 radical (unpaired) electrons. The predicted octanol–water partition coefficient (Wildman–Crippen LogP) is 4.21. The highest BCUT2D eigenvalue weighted by atomic mass is 19.4. The lowest BCUT2D eigenvalue weighted by molar-refractivity contribution is -0.270. The minimum Gasteiger partial charge on any atom is -0.344 e. The first-order valence-electron chi connectivity index (χ1n) is 6.38. The van der Waals surface area contributed by atoms with Gasteiger partial charge in [-0.25, -0.2) is 0 Å². The number of carbonyl (C=O) groups excluding carboxylic acids is 1. The van der Waals surface area contributed by atoms with Crippen molar-refractivity contribution >= 4 is 16.7 Å². The van der Waals surface area contributed by atoms with E-state index in [1.54, 1.807) is 47.8 Å². The number of amides is 1. The molecule has 1 N–H and O–H groups in total. The molecule has 0 aliphatic heterocycles. The molecular weight excluding hydrogens is 305 g/mol. The summed E-state index contributed by atoms with van der Waals surface area (Å²) in [7, 11) is 0. The Hall–Kier alpha value is -2.18. The number of hydrogen-bond donors (Lipinski definition) is 1. The van der Waals surface area contributed by atoms with Gasteiger partial charge in [-0.05, 0) is 23.3 Å². The van der Waals surface area contributed by atoms with Gasteiger partial charge in [-0.2, -0.15) is 22.0 Å². The number of rotatable bonds is 3. The Morgan fingerprint density at radius 2 is 1.59 bits per heavy atom. The van der Waals surface area contributed by atoms with E-state index in [2.05, 4.69) is 0 Å². The molecule has 0 fully saturated rings. The zero-order valence-corrected chi connectivity index (χ0v) is 11.4. The van der Waals surface area contributed by atoms with E-state index >= 15 is 0 Å². The summed E-state index contributed by atoms with van der Waals surface area (Å²) in [5.41, 5.74) is 0.462. The van der Waals surface area contributed by atoms with E-state index in [0.717, 1.165) is 5.39 Å². The molecule has 0 spiro atoms. The summed E-state index contributed by atoms with van der Waals surface area (Å²) in [6.45, 7) is 1.35. The summed E-state index contributed by atoms with van der Waals surface area (Å²) in [6.07, 6.45) is -5.92. The second-order valence-electron chi connectivity index (χ2n) is 4.84. The second kappa shape index (κ2) is 5.55. The van der Waals surface area contributed by atoms with Crippen molar-refractivity contribution in [3.05, 3.63) is 48.0 Å². The molecule has 1 amide bonds. The van der Waals surface area contributed by atoms with Crippen molar-refractivity contribution in [1.29, 1.82) is 0 Å². The topological polar surface area (TPSA) is 29.1 Å². The Kier molecular flexibility index (Phi) is 4.08. The lowest BCUT2D eigenvalue weighted by Gasteiger charge is -2.22. The normalized spacial score (nSPS) is 13.9. The Morgan fingerprint density at radius 3 is 2.23 bits per heavy atom. The maximum absolute atomic E-state index is 13.0. The molecule has 0 bridgehead atoms. The van der Waals surface area contributed by atoms with Crippen LogP contribution in [0.3, 0.4) is 0 Å². The highest BCUT2D eigenvalue weighted by molar-refractivity contribution is 5.88. The number of fused-ring (bicyclic) bond motifs is 1. The van der Waals surface area contributed by atoms with E-state index in [4.69, 9.17) is 0 Å². The van der Waals surface area contributed by atoms with E-state index in [9.17, 15) is 26.7 Å². The summed E-state index contributed by atoms with van der Waals surface area (Å²) in [5.74, 6) is -7.79. The number of alkyl halides is 5. The summed E-state index contributed by atoms with van der Waals surface area (Å²) in [4.78, 5) is 11.3. The van der Waals surface area contributed by atoms with Crippen LogP contribution in [0.5, 0.6) is 0 Å². The predicted molar refractivity (Wildman–Crippen MR) is 71.5 cm³/mol. The fourth-order valence-corrected chi connectivity index (χ4v) is 2.12. The maximum Gasteiger partial charge on any atom is 0.463 e. The van der Waals surface area contributed by atoms with Crippen molar-refractivity contribution < 1.29 is 26.7 Å². The average molecular weight is 317 g/mol. The molecule has 0 heterocycles. The van der Waals surface area contributed by atoms with Crippen LogP contribution < -0.4 is 5.32 Å². The smallest absolute Gasteiger partial charge is 0.344 e. The molecule has 0 aliphatic rings. The molecule has 7 heteroatoms. The summed E-state index contributed by atoms with van der Waals surface area (Å²) in [6, 6.07) is 11.0. The monoisotopic (exact) mass is 317 g/mol. The van der Waals surface area contributed by atoms with E-state index in [-0.39, 0.29) is 0 Å². The molecule has 0 aliphatic carbocycles. The first-order valence-corrected chi connectivity index (χ1v) is 6.38. The molecule has 118 valence electrons. The number of hydrogen-bond acceptors (Lipinski definition) is 1. The quantitative estimate of drug-likeness (QED) is 0.844. The van der Waals surface area contributed by atoms with Crippen LogP contribution in [0.4, 0.5) is 22.0 Å². The van der Waals surface area contributed by atoms with E-state index in [1.807, 2.05) is 0 Å². The number of benzene rings is 2. The van der Waals surface area contributed by atoms with Crippen molar-refractivity contribution in [3.8, 4) is 0 Å². The van der Waals surface area contributed by atoms with Gasteiger partial charge in [0.05, 0.1) is 6.04 Å².